The number of pyridine rings is 1. The van der Waals surface area contributed by atoms with Gasteiger partial charge in [0.15, 0.2) is 5.78 Å². The van der Waals surface area contributed by atoms with E-state index in [9.17, 15) is 29.1 Å². The lowest BCUT2D eigenvalue weighted by Gasteiger charge is -2.34. The summed E-state index contributed by atoms with van der Waals surface area (Å²) in [4.78, 5) is 71.0. The second-order valence-electron chi connectivity index (χ2n) is 18.7. The van der Waals surface area contributed by atoms with Gasteiger partial charge in [0.2, 0.25) is 17.7 Å². The van der Waals surface area contributed by atoms with Crippen molar-refractivity contribution in [2.45, 2.75) is 95.2 Å². The molecular formula is C54H73N7O12. The van der Waals surface area contributed by atoms with Crippen molar-refractivity contribution >= 4 is 40.4 Å². The first-order valence-electron chi connectivity index (χ1n) is 26.0. The van der Waals surface area contributed by atoms with E-state index >= 15 is 0 Å². The van der Waals surface area contributed by atoms with E-state index in [2.05, 4.69) is 25.4 Å². The van der Waals surface area contributed by atoms with Crippen LogP contribution in [0.5, 0.6) is 11.5 Å². The van der Waals surface area contributed by atoms with Crippen molar-refractivity contribution in [1.29, 1.82) is 0 Å². The van der Waals surface area contributed by atoms with Gasteiger partial charge in [0, 0.05) is 70.5 Å². The summed E-state index contributed by atoms with van der Waals surface area (Å²) in [6.07, 6.45) is 15.0. The van der Waals surface area contributed by atoms with Crippen molar-refractivity contribution in [2.24, 2.45) is 7.05 Å². The van der Waals surface area contributed by atoms with Gasteiger partial charge in [-0.3, -0.25) is 33.6 Å². The van der Waals surface area contributed by atoms with Crippen LogP contribution in [0.15, 0.2) is 77.9 Å². The molecule has 2 aromatic carbocycles. The summed E-state index contributed by atoms with van der Waals surface area (Å²) < 4.78 is 37.0. The monoisotopic (exact) mass is 1010 g/mol. The third-order valence-corrected chi connectivity index (χ3v) is 13.4. The Balaban J connectivity index is 0.588. The molecule has 3 atom stereocenters. The molecule has 5 heterocycles. The molecule has 3 saturated heterocycles. The van der Waals surface area contributed by atoms with Crippen LogP contribution in [-0.4, -0.2) is 152 Å². The lowest BCUT2D eigenvalue weighted by atomic mass is 10.1. The van der Waals surface area contributed by atoms with Crippen LogP contribution in [0, 0.1) is 0 Å². The number of aromatic nitrogens is 3. The SMILES string of the molecule is Cn1c(=O)n(C2CCC(=O)NC2=O)c2ccc(CCCOCCOCCOCCOCCOCCNC(=O)CCCCCCCCOc3ccc(N4C[C@H]5C[C@@H]4CN5/C=C/C(=O)c4ccccc4O)nc3)cc21. The van der Waals surface area contributed by atoms with Crippen LogP contribution in [0.25, 0.3) is 11.0 Å². The molecule has 0 saturated carbocycles. The second kappa shape index (κ2) is 28.9. The highest BCUT2D eigenvalue weighted by Gasteiger charge is 2.42. The van der Waals surface area contributed by atoms with Crippen LogP contribution >= 0.6 is 0 Å². The number of nitrogens with zero attached hydrogens (tertiary/aromatic N) is 5. The van der Waals surface area contributed by atoms with Gasteiger partial charge in [-0.15, -0.1) is 0 Å². The average Bonchev–Trinajstić information content (AvgIpc) is 4.07. The lowest BCUT2D eigenvalue weighted by molar-refractivity contribution is -0.135. The van der Waals surface area contributed by atoms with Crippen LogP contribution in [0.2, 0.25) is 0 Å². The van der Waals surface area contributed by atoms with Gasteiger partial charge in [-0.05, 0) is 80.5 Å². The van der Waals surface area contributed by atoms with Gasteiger partial charge in [-0.25, -0.2) is 9.78 Å². The summed E-state index contributed by atoms with van der Waals surface area (Å²) in [6.45, 7) is 7.46. The second-order valence-corrected chi connectivity index (χ2v) is 18.7. The number of hydrogen-bond acceptors (Lipinski definition) is 15. The van der Waals surface area contributed by atoms with E-state index in [0.717, 1.165) is 93.5 Å². The molecule has 19 heteroatoms. The third-order valence-electron chi connectivity index (χ3n) is 13.4. The molecule has 1 unspecified atom stereocenters. The minimum Gasteiger partial charge on any atom is -0.507 e. The summed E-state index contributed by atoms with van der Waals surface area (Å²) >= 11 is 0. The van der Waals surface area contributed by atoms with Crippen LogP contribution in [0.4, 0.5) is 5.82 Å². The highest BCUT2D eigenvalue weighted by atomic mass is 16.6. The Bertz CT molecular complexity index is 2490. The summed E-state index contributed by atoms with van der Waals surface area (Å²) in [5.41, 5.74) is 2.52. The van der Waals surface area contributed by atoms with Gasteiger partial charge < -0.3 is 48.6 Å². The van der Waals surface area contributed by atoms with E-state index < -0.39 is 11.9 Å². The first-order valence-corrected chi connectivity index (χ1v) is 26.0. The minimum atomic E-state index is -0.698. The van der Waals surface area contributed by atoms with Gasteiger partial charge in [0.05, 0.1) is 88.9 Å². The molecule has 3 aliphatic rings. The number of rotatable bonds is 34. The summed E-state index contributed by atoms with van der Waals surface area (Å²) in [6, 6.07) is 16.4. The Morgan fingerprint density at radius 2 is 1.47 bits per heavy atom. The number of imide groups is 1. The largest absolute Gasteiger partial charge is 0.507 e. The number of amides is 3. The Morgan fingerprint density at radius 3 is 2.15 bits per heavy atom. The number of anilines is 1. The topological polar surface area (TPSA) is 214 Å². The van der Waals surface area contributed by atoms with Crippen molar-refractivity contribution in [1.82, 2.24) is 29.7 Å². The normalized spacial score (nSPS) is 17.6. The number of phenols is 1. The van der Waals surface area contributed by atoms with Crippen molar-refractivity contribution in [2.75, 3.05) is 97.2 Å². The van der Waals surface area contributed by atoms with E-state index in [1.165, 1.54) is 10.6 Å². The molecule has 2 aromatic heterocycles. The summed E-state index contributed by atoms with van der Waals surface area (Å²) in [5.74, 6) is 0.797. The molecule has 396 valence electrons. The zero-order chi connectivity index (χ0) is 51.2. The van der Waals surface area contributed by atoms with Crippen LogP contribution in [0.3, 0.4) is 0 Å². The zero-order valence-electron chi connectivity index (χ0n) is 42.2. The number of benzene rings is 2. The molecule has 3 amide bonds. The average molecular weight is 1010 g/mol. The molecule has 4 aromatic rings. The lowest BCUT2D eigenvalue weighted by Crippen LogP contribution is -2.44. The third kappa shape index (κ3) is 16.4. The Hall–Kier alpha value is -6.12. The number of para-hydroxylation sites is 1. The first-order chi connectivity index (χ1) is 35.7. The van der Waals surface area contributed by atoms with E-state index in [-0.39, 0.29) is 35.5 Å². The van der Waals surface area contributed by atoms with Gasteiger partial charge >= 0.3 is 5.69 Å². The number of imidazole rings is 1. The summed E-state index contributed by atoms with van der Waals surface area (Å²) in [7, 11) is 1.69. The fourth-order valence-electron chi connectivity index (χ4n) is 9.51. The fraction of sp³-hybridized carbons (Fsp3) is 0.556. The number of fused-ring (bicyclic) bond motifs is 3. The maximum absolute atomic E-state index is 13.0. The summed E-state index contributed by atoms with van der Waals surface area (Å²) in [5, 5.41) is 15.2. The van der Waals surface area contributed by atoms with Gasteiger partial charge in [0.1, 0.15) is 23.4 Å². The van der Waals surface area contributed by atoms with Gasteiger partial charge in [-0.1, -0.05) is 43.9 Å². The highest BCUT2D eigenvalue weighted by molar-refractivity contribution is 6.06. The number of piperidine rings is 1. The number of hydrogen-bond donors (Lipinski definition) is 3. The number of piperazine rings is 1. The number of nitrogens with one attached hydrogen (secondary N) is 2. The van der Waals surface area contributed by atoms with Crippen molar-refractivity contribution < 1.29 is 52.7 Å². The number of carbonyl (C=O) groups excluding carboxylic acids is 4. The standard InChI is InChI=1S/C54H73N7O12/c1-58-47-35-40(15-17-45(47)61(54(58)67)46-18-20-52(65)57-53(46)66)11-10-24-68-27-29-70-31-33-72-34-32-71-30-28-69-26-22-55-51(64)14-6-4-2-3-5-9-25-73-43-16-19-50(56-37-43)60-39-41-36-42(60)38-59(41)23-21-49(63)44-12-7-8-13-48(44)62/h7-8,12-13,15-17,19,21,23,35,37,41-42,46,62H,2-6,9-11,14,18,20,22,24-34,36,38-39H2,1H3,(H,55,64)(H,57,65,66)/b23-21+/t41-,42-,46?/m1/s1. The number of allylic oxidation sites excluding steroid dienone is 1. The number of aromatic hydroxyl groups is 1. The van der Waals surface area contributed by atoms with E-state index in [0.29, 0.717) is 115 Å². The number of ether oxygens (including phenoxy) is 6. The van der Waals surface area contributed by atoms with Crippen LogP contribution < -0.4 is 26.0 Å². The predicted octanol–water partition coefficient (Wildman–Crippen LogP) is 5.02. The Labute approximate surface area is 427 Å². The number of unbranched alkanes of at least 4 members (excludes halogenated alkanes) is 5. The smallest absolute Gasteiger partial charge is 0.329 e. The molecule has 73 heavy (non-hydrogen) atoms. The molecule has 19 nitrogen and oxygen atoms in total. The molecule has 7 rings (SSSR count). The van der Waals surface area contributed by atoms with Crippen molar-refractivity contribution in [3.63, 3.8) is 0 Å². The molecule has 2 bridgehead atoms. The quantitative estimate of drug-likeness (QED) is 0.0243. The first kappa shape index (κ1) is 54.6. The molecule has 0 aliphatic carbocycles. The number of likely N-dealkylation sites (tertiary alicyclic amines) is 1. The number of phenolic OH excluding ortho intramolecular Hbond substituents is 1. The maximum Gasteiger partial charge on any atom is 0.329 e. The Morgan fingerprint density at radius 1 is 0.767 bits per heavy atom. The zero-order valence-corrected chi connectivity index (χ0v) is 42.2. The molecule has 3 fully saturated rings. The van der Waals surface area contributed by atoms with Gasteiger partial charge in [-0.2, -0.15) is 0 Å². The molecule has 3 aliphatic heterocycles. The molecule has 3 N–H and O–H groups in total. The highest BCUT2D eigenvalue weighted by Crippen LogP contribution is 2.34. The van der Waals surface area contributed by atoms with E-state index in [1.807, 2.05) is 36.5 Å². The van der Waals surface area contributed by atoms with Crippen LogP contribution in [-0.2, 0) is 51.5 Å². The predicted molar refractivity (Wildman–Crippen MR) is 274 cm³/mol. The van der Waals surface area contributed by atoms with E-state index in [1.54, 1.807) is 42.1 Å². The van der Waals surface area contributed by atoms with Crippen molar-refractivity contribution in [3.8, 4) is 11.5 Å². The maximum atomic E-state index is 13.0. The fourth-order valence-corrected chi connectivity index (χ4v) is 9.51. The Kier molecular flexibility index (Phi) is 21.7. The molecule has 0 spiro atoms. The van der Waals surface area contributed by atoms with E-state index in [4.69, 9.17) is 28.4 Å². The number of ketones is 1. The van der Waals surface area contributed by atoms with Crippen molar-refractivity contribution in [3.05, 3.63) is 94.7 Å². The minimum absolute atomic E-state index is 0.00376. The number of carbonyl (C=O) groups is 4. The van der Waals surface area contributed by atoms with Gasteiger partial charge in [0.25, 0.3) is 0 Å². The van der Waals surface area contributed by atoms with Crippen LogP contribution in [0.1, 0.15) is 92.6 Å². The number of aryl methyl sites for hydroxylation is 2. The molecular weight excluding hydrogens is 939 g/mol. The molecule has 0 radical (unpaired) electrons.